The third-order valence-corrected chi connectivity index (χ3v) is 3.40. The average Bonchev–Trinajstić information content (AvgIpc) is 2.27. The van der Waals surface area contributed by atoms with Crippen molar-refractivity contribution < 1.29 is 0 Å². The van der Waals surface area contributed by atoms with Gasteiger partial charge in [0.25, 0.3) is 0 Å². The van der Waals surface area contributed by atoms with Gasteiger partial charge in [-0.05, 0) is 32.0 Å². The molecule has 3 heteroatoms. The summed E-state index contributed by atoms with van der Waals surface area (Å²) in [6.45, 7) is 9.94. The maximum absolute atomic E-state index is 4.42. The fourth-order valence-corrected chi connectivity index (χ4v) is 2.05. The molecular weight excluding hydrogens is 198 g/mol. The van der Waals surface area contributed by atoms with Crippen LogP contribution in [0.3, 0.4) is 0 Å². The second-order valence-electron chi connectivity index (χ2n) is 4.83. The standard InChI is InChI=1S/C13H21N3/c1-11-8-13(9-14-12(11)2)10-16-6-4-15(3)5-7-16/h8-9H,4-7,10H2,1-3H3. The molecule has 2 heterocycles. The molecule has 0 N–H and O–H groups in total. The topological polar surface area (TPSA) is 19.4 Å². The lowest BCUT2D eigenvalue weighted by molar-refractivity contribution is 0.148. The first-order chi connectivity index (χ1) is 7.65. The van der Waals surface area contributed by atoms with Gasteiger partial charge in [-0.2, -0.15) is 0 Å². The molecule has 1 aromatic rings. The Labute approximate surface area is 98.1 Å². The predicted octanol–water partition coefficient (Wildman–Crippen LogP) is 1.45. The van der Waals surface area contributed by atoms with Gasteiger partial charge in [0.1, 0.15) is 0 Å². The van der Waals surface area contributed by atoms with Gasteiger partial charge in [-0.3, -0.25) is 9.88 Å². The molecule has 1 fully saturated rings. The molecule has 0 aliphatic carbocycles. The van der Waals surface area contributed by atoms with Crippen LogP contribution < -0.4 is 0 Å². The van der Waals surface area contributed by atoms with Crippen LogP contribution in [0.25, 0.3) is 0 Å². The van der Waals surface area contributed by atoms with Crippen LogP contribution >= 0.6 is 0 Å². The molecule has 1 saturated heterocycles. The van der Waals surface area contributed by atoms with Gasteiger partial charge >= 0.3 is 0 Å². The van der Waals surface area contributed by atoms with E-state index in [2.05, 4.69) is 41.7 Å². The number of piperazine rings is 1. The minimum Gasteiger partial charge on any atom is -0.304 e. The largest absolute Gasteiger partial charge is 0.304 e. The normalized spacial score (nSPS) is 18.9. The van der Waals surface area contributed by atoms with E-state index in [0.717, 1.165) is 12.2 Å². The maximum Gasteiger partial charge on any atom is 0.0402 e. The summed E-state index contributed by atoms with van der Waals surface area (Å²) in [6, 6.07) is 2.26. The van der Waals surface area contributed by atoms with Crippen LogP contribution in [0.4, 0.5) is 0 Å². The first kappa shape index (κ1) is 11.6. The van der Waals surface area contributed by atoms with E-state index < -0.39 is 0 Å². The summed E-state index contributed by atoms with van der Waals surface area (Å²) in [4.78, 5) is 9.31. The van der Waals surface area contributed by atoms with Crippen LogP contribution in [0.1, 0.15) is 16.8 Å². The molecule has 2 rings (SSSR count). The minimum absolute atomic E-state index is 1.04. The van der Waals surface area contributed by atoms with Crippen molar-refractivity contribution >= 4 is 0 Å². The number of hydrogen-bond acceptors (Lipinski definition) is 3. The van der Waals surface area contributed by atoms with E-state index in [0.29, 0.717) is 0 Å². The zero-order valence-electron chi connectivity index (χ0n) is 10.5. The molecule has 1 aromatic heterocycles. The number of rotatable bonds is 2. The Kier molecular flexibility index (Phi) is 3.56. The molecule has 0 atom stereocenters. The van der Waals surface area contributed by atoms with Crippen molar-refractivity contribution in [1.29, 1.82) is 0 Å². The number of aryl methyl sites for hydroxylation is 2. The van der Waals surface area contributed by atoms with Gasteiger partial charge in [0, 0.05) is 44.6 Å². The number of pyridine rings is 1. The molecule has 3 nitrogen and oxygen atoms in total. The van der Waals surface area contributed by atoms with Gasteiger partial charge in [-0.25, -0.2) is 0 Å². The molecule has 1 aliphatic heterocycles. The first-order valence-corrected chi connectivity index (χ1v) is 5.98. The van der Waals surface area contributed by atoms with Crippen LogP contribution in [-0.2, 0) is 6.54 Å². The van der Waals surface area contributed by atoms with Crippen LogP contribution in [-0.4, -0.2) is 48.0 Å². The van der Waals surface area contributed by atoms with E-state index in [1.54, 1.807) is 0 Å². The van der Waals surface area contributed by atoms with Gasteiger partial charge in [-0.15, -0.1) is 0 Å². The number of aromatic nitrogens is 1. The van der Waals surface area contributed by atoms with Crippen molar-refractivity contribution in [2.45, 2.75) is 20.4 Å². The molecular formula is C13H21N3. The monoisotopic (exact) mass is 219 g/mol. The van der Waals surface area contributed by atoms with Gasteiger partial charge in [0.2, 0.25) is 0 Å². The lowest BCUT2D eigenvalue weighted by Gasteiger charge is -2.32. The lowest BCUT2D eigenvalue weighted by atomic mass is 10.1. The summed E-state index contributed by atoms with van der Waals surface area (Å²) in [5, 5.41) is 0. The summed E-state index contributed by atoms with van der Waals surface area (Å²) in [7, 11) is 2.19. The predicted molar refractivity (Wildman–Crippen MR) is 66.5 cm³/mol. The molecule has 0 saturated carbocycles. The van der Waals surface area contributed by atoms with Crippen molar-refractivity contribution in [3.63, 3.8) is 0 Å². The molecule has 16 heavy (non-hydrogen) atoms. The molecule has 0 radical (unpaired) electrons. The van der Waals surface area contributed by atoms with Crippen molar-refractivity contribution in [2.75, 3.05) is 33.2 Å². The summed E-state index contributed by atoms with van der Waals surface area (Å²) in [6.07, 6.45) is 2.01. The molecule has 0 aromatic carbocycles. The fraction of sp³-hybridized carbons (Fsp3) is 0.615. The lowest BCUT2D eigenvalue weighted by Crippen LogP contribution is -2.43. The van der Waals surface area contributed by atoms with E-state index in [1.165, 1.54) is 37.3 Å². The Morgan fingerprint density at radius 2 is 1.88 bits per heavy atom. The second-order valence-corrected chi connectivity index (χ2v) is 4.83. The third-order valence-electron chi connectivity index (χ3n) is 3.40. The van der Waals surface area contributed by atoms with Crippen LogP contribution in [0.15, 0.2) is 12.3 Å². The summed E-state index contributed by atoms with van der Waals surface area (Å²) >= 11 is 0. The summed E-state index contributed by atoms with van der Waals surface area (Å²) < 4.78 is 0. The quantitative estimate of drug-likeness (QED) is 0.750. The molecule has 88 valence electrons. The van der Waals surface area contributed by atoms with E-state index in [9.17, 15) is 0 Å². The Balaban J connectivity index is 1.96. The maximum atomic E-state index is 4.42. The zero-order valence-corrected chi connectivity index (χ0v) is 10.5. The van der Waals surface area contributed by atoms with E-state index in [1.807, 2.05) is 6.20 Å². The van der Waals surface area contributed by atoms with Gasteiger partial charge in [-0.1, -0.05) is 6.07 Å². The molecule has 0 spiro atoms. The van der Waals surface area contributed by atoms with E-state index in [-0.39, 0.29) is 0 Å². The molecule has 1 aliphatic rings. The molecule has 0 unspecified atom stereocenters. The highest BCUT2D eigenvalue weighted by molar-refractivity contribution is 5.22. The van der Waals surface area contributed by atoms with Crippen LogP contribution in [0.2, 0.25) is 0 Å². The Morgan fingerprint density at radius 1 is 1.19 bits per heavy atom. The van der Waals surface area contributed by atoms with Gasteiger partial charge in [0.05, 0.1) is 0 Å². The van der Waals surface area contributed by atoms with Gasteiger partial charge in [0.15, 0.2) is 0 Å². The van der Waals surface area contributed by atoms with Crippen molar-refractivity contribution in [3.05, 3.63) is 29.1 Å². The number of nitrogens with zero attached hydrogens (tertiary/aromatic N) is 3. The summed E-state index contributed by atoms with van der Waals surface area (Å²) in [5.41, 5.74) is 3.78. The van der Waals surface area contributed by atoms with Crippen LogP contribution in [0, 0.1) is 13.8 Å². The smallest absolute Gasteiger partial charge is 0.0402 e. The zero-order chi connectivity index (χ0) is 11.5. The van der Waals surface area contributed by atoms with Crippen molar-refractivity contribution in [3.8, 4) is 0 Å². The van der Waals surface area contributed by atoms with Crippen molar-refractivity contribution in [2.24, 2.45) is 0 Å². The number of likely N-dealkylation sites (N-methyl/N-ethyl adjacent to an activating group) is 1. The third kappa shape index (κ3) is 2.80. The Morgan fingerprint density at radius 3 is 2.50 bits per heavy atom. The van der Waals surface area contributed by atoms with Crippen molar-refractivity contribution in [1.82, 2.24) is 14.8 Å². The van der Waals surface area contributed by atoms with E-state index >= 15 is 0 Å². The summed E-state index contributed by atoms with van der Waals surface area (Å²) in [5.74, 6) is 0. The Bertz CT molecular complexity index is 354. The highest BCUT2D eigenvalue weighted by Gasteiger charge is 2.13. The Hall–Kier alpha value is -0.930. The fourth-order valence-electron chi connectivity index (χ4n) is 2.05. The minimum atomic E-state index is 1.04. The average molecular weight is 219 g/mol. The highest BCUT2D eigenvalue weighted by atomic mass is 15.2. The van der Waals surface area contributed by atoms with Gasteiger partial charge < -0.3 is 4.90 Å². The second kappa shape index (κ2) is 4.93. The molecule has 0 bridgehead atoms. The van der Waals surface area contributed by atoms with Crippen LogP contribution in [0.5, 0.6) is 0 Å². The van der Waals surface area contributed by atoms with E-state index in [4.69, 9.17) is 0 Å². The highest BCUT2D eigenvalue weighted by Crippen LogP contribution is 2.10. The SMILES string of the molecule is Cc1cc(CN2CCN(C)CC2)cnc1C. The molecule has 0 amide bonds. The first-order valence-electron chi connectivity index (χ1n) is 5.98. The number of hydrogen-bond donors (Lipinski definition) is 0.